The van der Waals surface area contributed by atoms with E-state index in [-0.39, 0.29) is 11.6 Å². The molecule has 0 saturated heterocycles. The lowest BCUT2D eigenvalue weighted by atomic mass is 9.91. The van der Waals surface area contributed by atoms with Crippen molar-refractivity contribution in [1.82, 2.24) is 4.98 Å². The maximum absolute atomic E-state index is 11.4. The zero-order valence-corrected chi connectivity index (χ0v) is 13.0. The molecule has 104 valence electrons. The zero-order chi connectivity index (χ0) is 14.1. The fraction of sp³-hybridized carbons (Fsp3) is 0.312. The number of pyridine rings is 1. The lowest BCUT2D eigenvalue weighted by Gasteiger charge is -2.27. The minimum atomic E-state index is -0.0130. The smallest absolute Gasteiger partial charge is 0.248 e. The van der Waals surface area contributed by atoms with E-state index < -0.39 is 0 Å². The Kier molecular flexibility index (Phi) is 3.66. The van der Waals surface area contributed by atoms with Gasteiger partial charge in [-0.1, -0.05) is 6.07 Å². The number of H-pyrrole nitrogens is 1. The van der Waals surface area contributed by atoms with Crippen molar-refractivity contribution < 1.29 is 0 Å². The van der Waals surface area contributed by atoms with E-state index in [1.807, 2.05) is 6.07 Å². The Morgan fingerprint density at radius 2 is 2.15 bits per heavy atom. The maximum atomic E-state index is 11.4. The Morgan fingerprint density at radius 1 is 1.30 bits per heavy atom. The van der Waals surface area contributed by atoms with E-state index in [9.17, 15) is 4.79 Å². The fourth-order valence-electron chi connectivity index (χ4n) is 2.78. The SMILES string of the molecule is Cc1ccc(NC2CCCc3[nH]c(=O)ccc32)c(Br)c1. The van der Waals surface area contributed by atoms with Crippen molar-refractivity contribution in [3.05, 3.63) is 62.0 Å². The molecule has 0 bridgehead atoms. The van der Waals surface area contributed by atoms with Gasteiger partial charge < -0.3 is 10.3 Å². The summed E-state index contributed by atoms with van der Waals surface area (Å²) in [5.74, 6) is 0. The summed E-state index contributed by atoms with van der Waals surface area (Å²) in [4.78, 5) is 14.4. The van der Waals surface area contributed by atoms with Crippen LogP contribution in [0.5, 0.6) is 0 Å². The Balaban J connectivity index is 1.91. The van der Waals surface area contributed by atoms with Gasteiger partial charge in [0.2, 0.25) is 5.56 Å². The van der Waals surface area contributed by atoms with Crippen LogP contribution in [0.3, 0.4) is 0 Å². The van der Waals surface area contributed by atoms with Gasteiger partial charge in [0, 0.05) is 21.9 Å². The third-order valence-electron chi connectivity index (χ3n) is 3.79. The molecular weight excluding hydrogens is 316 g/mol. The van der Waals surface area contributed by atoms with Gasteiger partial charge in [-0.05, 0) is 71.4 Å². The molecule has 3 nitrogen and oxygen atoms in total. The second-order valence-corrected chi connectivity index (χ2v) is 6.18. The third kappa shape index (κ3) is 2.66. The van der Waals surface area contributed by atoms with E-state index in [2.05, 4.69) is 51.4 Å². The number of aromatic amines is 1. The molecule has 1 heterocycles. The van der Waals surface area contributed by atoms with Crippen LogP contribution in [0.4, 0.5) is 5.69 Å². The van der Waals surface area contributed by atoms with E-state index in [1.165, 1.54) is 11.1 Å². The second kappa shape index (κ2) is 5.44. The first kappa shape index (κ1) is 13.4. The number of nitrogens with one attached hydrogen (secondary N) is 2. The van der Waals surface area contributed by atoms with Gasteiger partial charge in [0.1, 0.15) is 0 Å². The Bertz CT molecular complexity index is 693. The predicted molar refractivity (Wildman–Crippen MR) is 85.2 cm³/mol. The molecule has 2 N–H and O–H groups in total. The van der Waals surface area contributed by atoms with Crippen molar-refractivity contribution in [1.29, 1.82) is 0 Å². The van der Waals surface area contributed by atoms with Gasteiger partial charge in [-0.2, -0.15) is 0 Å². The lowest BCUT2D eigenvalue weighted by Crippen LogP contribution is -2.21. The number of aromatic nitrogens is 1. The molecule has 3 rings (SSSR count). The van der Waals surface area contributed by atoms with Crippen molar-refractivity contribution in [2.75, 3.05) is 5.32 Å². The summed E-state index contributed by atoms with van der Waals surface area (Å²) in [5, 5.41) is 3.58. The van der Waals surface area contributed by atoms with E-state index >= 15 is 0 Å². The van der Waals surface area contributed by atoms with Crippen LogP contribution < -0.4 is 10.9 Å². The van der Waals surface area contributed by atoms with Crippen LogP contribution in [0.25, 0.3) is 0 Å². The average molecular weight is 333 g/mol. The molecule has 1 aromatic carbocycles. The minimum Gasteiger partial charge on any atom is -0.377 e. The Morgan fingerprint density at radius 3 is 2.95 bits per heavy atom. The standard InChI is InChI=1S/C16H17BrN2O/c1-10-5-7-15(12(17)9-10)18-13-3-2-4-14-11(13)6-8-16(20)19-14/h5-9,13,18H,2-4H2,1H3,(H,19,20). The van der Waals surface area contributed by atoms with Gasteiger partial charge in [0.05, 0.1) is 6.04 Å². The Hall–Kier alpha value is -1.55. The van der Waals surface area contributed by atoms with E-state index in [1.54, 1.807) is 6.07 Å². The molecule has 1 aliphatic rings. The van der Waals surface area contributed by atoms with Gasteiger partial charge >= 0.3 is 0 Å². The highest BCUT2D eigenvalue weighted by Gasteiger charge is 2.21. The van der Waals surface area contributed by atoms with Crippen LogP contribution in [-0.2, 0) is 6.42 Å². The number of fused-ring (bicyclic) bond motifs is 1. The number of benzene rings is 1. The molecule has 1 atom stereocenters. The highest BCUT2D eigenvalue weighted by Crippen LogP contribution is 2.33. The van der Waals surface area contributed by atoms with Gasteiger partial charge in [-0.15, -0.1) is 0 Å². The summed E-state index contributed by atoms with van der Waals surface area (Å²) >= 11 is 3.61. The molecule has 0 radical (unpaired) electrons. The van der Waals surface area contributed by atoms with Crippen LogP contribution in [-0.4, -0.2) is 4.98 Å². The lowest BCUT2D eigenvalue weighted by molar-refractivity contribution is 0.586. The quantitative estimate of drug-likeness (QED) is 0.874. The zero-order valence-electron chi connectivity index (χ0n) is 11.4. The molecule has 2 aromatic rings. The number of hydrogen-bond donors (Lipinski definition) is 2. The summed E-state index contributed by atoms with van der Waals surface area (Å²) in [6.07, 6.45) is 3.13. The third-order valence-corrected chi connectivity index (χ3v) is 4.44. The van der Waals surface area contributed by atoms with Crippen LogP contribution in [0.15, 0.2) is 39.6 Å². The van der Waals surface area contributed by atoms with Crippen LogP contribution in [0.1, 0.15) is 35.7 Å². The van der Waals surface area contributed by atoms with Crippen molar-refractivity contribution >= 4 is 21.6 Å². The van der Waals surface area contributed by atoms with E-state index in [0.29, 0.717) is 0 Å². The van der Waals surface area contributed by atoms with Gasteiger partial charge in [0.25, 0.3) is 0 Å². The van der Waals surface area contributed by atoms with Crippen molar-refractivity contribution in [2.45, 2.75) is 32.2 Å². The molecule has 0 saturated carbocycles. The molecule has 0 spiro atoms. The molecule has 0 amide bonds. The molecule has 0 aliphatic heterocycles. The largest absolute Gasteiger partial charge is 0.377 e. The number of rotatable bonds is 2. The number of halogens is 1. The van der Waals surface area contributed by atoms with E-state index in [0.717, 1.165) is 35.1 Å². The molecule has 1 aromatic heterocycles. The summed E-state index contributed by atoms with van der Waals surface area (Å²) in [5.41, 5.74) is 4.60. The van der Waals surface area contributed by atoms with E-state index in [4.69, 9.17) is 0 Å². The van der Waals surface area contributed by atoms with Gasteiger partial charge in [-0.25, -0.2) is 0 Å². The van der Waals surface area contributed by atoms with Crippen LogP contribution in [0.2, 0.25) is 0 Å². The highest BCUT2D eigenvalue weighted by atomic mass is 79.9. The summed E-state index contributed by atoms with van der Waals surface area (Å²) in [7, 11) is 0. The highest BCUT2D eigenvalue weighted by molar-refractivity contribution is 9.10. The topological polar surface area (TPSA) is 44.9 Å². The normalized spacial score (nSPS) is 17.6. The minimum absolute atomic E-state index is 0.0130. The molecule has 20 heavy (non-hydrogen) atoms. The van der Waals surface area contributed by atoms with Gasteiger partial charge in [-0.3, -0.25) is 4.79 Å². The first-order chi connectivity index (χ1) is 9.63. The predicted octanol–water partition coefficient (Wildman–Crippen LogP) is 3.94. The van der Waals surface area contributed by atoms with Crippen molar-refractivity contribution in [3.63, 3.8) is 0 Å². The molecular formula is C16H17BrN2O. The Labute approximate surface area is 126 Å². The monoisotopic (exact) mass is 332 g/mol. The molecule has 1 aliphatic carbocycles. The van der Waals surface area contributed by atoms with Crippen LogP contribution >= 0.6 is 15.9 Å². The first-order valence-electron chi connectivity index (χ1n) is 6.88. The number of aryl methyl sites for hydroxylation is 2. The molecule has 4 heteroatoms. The first-order valence-corrected chi connectivity index (χ1v) is 7.67. The number of anilines is 1. The fourth-order valence-corrected chi connectivity index (χ4v) is 3.38. The van der Waals surface area contributed by atoms with Crippen molar-refractivity contribution in [3.8, 4) is 0 Å². The average Bonchev–Trinajstić information content (AvgIpc) is 2.41. The maximum Gasteiger partial charge on any atom is 0.248 e. The molecule has 1 unspecified atom stereocenters. The number of hydrogen-bond acceptors (Lipinski definition) is 2. The van der Waals surface area contributed by atoms with Gasteiger partial charge in [0.15, 0.2) is 0 Å². The van der Waals surface area contributed by atoms with Crippen LogP contribution in [0, 0.1) is 6.92 Å². The second-order valence-electron chi connectivity index (χ2n) is 5.33. The summed E-state index contributed by atoms with van der Waals surface area (Å²) in [6.45, 7) is 2.08. The molecule has 0 fully saturated rings. The summed E-state index contributed by atoms with van der Waals surface area (Å²) < 4.78 is 1.08. The summed E-state index contributed by atoms with van der Waals surface area (Å²) in [6, 6.07) is 10.1. The van der Waals surface area contributed by atoms with Crippen molar-refractivity contribution in [2.24, 2.45) is 0 Å².